The molecule has 28 heavy (non-hydrogen) atoms. The van der Waals surface area contributed by atoms with Gasteiger partial charge in [0.05, 0.1) is 16.9 Å². The van der Waals surface area contributed by atoms with E-state index in [0.717, 1.165) is 34.6 Å². The van der Waals surface area contributed by atoms with Gasteiger partial charge in [-0.15, -0.1) is 11.3 Å². The first-order chi connectivity index (χ1) is 13.7. The second-order valence-corrected chi connectivity index (χ2v) is 7.90. The van der Waals surface area contributed by atoms with Gasteiger partial charge in [0.1, 0.15) is 10.6 Å². The molecule has 1 saturated carbocycles. The van der Waals surface area contributed by atoms with E-state index in [1.54, 1.807) is 17.5 Å². The maximum Gasteiger partial charge on any atom is 0.252 e. The lowest BCUT2D eigenvalue weighted by atomic mass is 9.90. The lowest BCUT2D eigenvalue weighted by molar-refractivity contribution is 0.100. The Morgan fingerprint density at radius 3 is 2.82 bits per heavy atom. The van der Waals surface area contributed by atoms with Gasteiger partial charge in [0.2, 0.25) is 0 Å². The van der Waals surface area contributed by atoms with Crippen molar-refractivity contribution < 1.29 is 4.79 Å². The largest absolute Gasteiger partial charge is 0.366 e. The zero-order chi connectivity index (χ0) is 19.5. The maximum absolute atomic E-state index is 11.9. The summed E-state index contributed by atoms with van der Waals surface area (Å²) in [5.41, 5.74) is 7.48. The summed E-state index contributed by atoms with van der Waals surface area (Å²) in [6.45, 7) is 0. The van der Waals surface area contributed by atoms with Crippen LogP contribution < -0.4 is 21.7 Å². The van der Waals surface area contributed by atoms with E-state index in [4.69, 9.17) is 5.73 Å². The topological polar surface area (TPSA) is 105 Å². The van der Waals surface area contributed by atoms with Gasteiger partial charge >= 0.3 is 0 Å². The zero-order valence-electron chi connectivity index (χ0n) is 15.7. The van der Waals surface area contributed by atoms with Crippen LogP contribution in [-0.4, -0.2) is 35.0 Å². The summed E-state index contributed by atoms with van der Waals surface area (Å²) < 4.78 is 0. The monoisotopic (exact) mass is 396 g/mol. The quantitative estimate of drug-likeness (QED) is 0.508. The van der Waals surface area contributed by atoms with Gasteiger partial charge in [0, 0.05) is 41.3 Å². The number of primary amides is 1. The van der Waals surface area contributed by atoms with Crippen molar-refractivity contribution in [1.82, 2.24) is 15.3 Å². The smallest absolute Gasteiger partial charge is 0.252 e. The summed E-state index contributed by atoms with van der Waals surface area (Å²) in [5, 5.41) is 13.3. The van der Waals surface area contributed by atoms with Crippen LogP contribution in [0.5, 0.6) is 0 Å². The number of nitrogens with zero attached hydrogens (tertiary/aromatic N) is 2. The number of carbonyl (C=O) groups excluding carboxylic acids is 1. The number of anilines is 3. The van der Waals surface area contributed by atoms with E-state index in [1.807, 2.05) is 30.6 Å². The predicted molar refractivity (Wildman–Crippen MR) is 114 cm³/mol. The van der Waals surface area contributed by atoms with Gasteiger partial charge in [-0.25, -0.2) is 9.97 Å². The molecule has 0 spiro atoms. The van der Waals surface area contributed by atoms with Gasteiger partial charge in [-0.05, 0) is 32.0 Å². The van der Waals surface area contributed by atoms with Crippen molar-refractivity contribution in [2.45, 2.75) is 37.8 Å². The molecule has 3 aromatic heterocycles. The number of amides is 1. The molecule has 2 unspecified atom stereocenters. The highest BCUT2D eigenvalue weighted by molar-refractivity contribution is 7.17. The molecule has 0 aromatic carbocycles. The third kappa shape index (κ3) is 3.79. The summed E-state index contributed by atoms with van der Waals surface area (Å²) in [7, 11) is 2.00. The van der Waals surface area contributed by atoms with Crippen LogP contribution in [0.4, 0.5) is 17.2 Å². The minimum atomic E-state index is -0.509. The first-order valence-corrected chi connectivity index (χ1v) is 10.4. The molecular weight excluding hydrogens is 372 g/mol. The highest BCUT2D eigenvalue weighted by Gasteiger charge is 2.24. The molecule has 3 aromatic rings. The van der Waals surface area contributed by atoms with E-state index in [0.29, 0.717) is 23.3 Å². The van der Waals surface area contributed by atoms with Crippen molar-refractivity contribution in [3.63, 3.8) is 0 Å². The molecule has 3 heterocycles. The SMILES string of the molecule is CNC1CCCCC1Nc1cc(Nc2csc3ncccc23)c(C(N)=O)cn1. The second-order valence-electron chi connectivity index (χ2n) is 7.04. The Balaban J connectivity index is 1.63. The van der Waals surface area contributed by atoms with E-state index in [1.165, 1.54) is 19.0 Å². The summed E-state index contributed by atoms with van der Waals surface area (Å²) in [6.07, 6.45) is 7.99. The van der Waals surface area contributed by atoms with Crippen LogP contribution >= 0.6 is 11.3 Å². The Morgan fingerprint density at radius 1 is 1.21 bits per heavy atom. The number of hydrogen-bond donors (Lipinski definition) is 4. The predicted octanol–water partition coefficient (Wildman–Crippen LogP) is 3.48. The summed E-state index contributed by atoms with van der Waals surface area (Å²) in [5.74, 6) is 0.224. The van der Waals surface area contributed by atoms with Crippen molar-refractivity contribution in [3.8, 4) is 0 Å². The first kappa shape index (κ1) is 18.6. The lowest BCUT2D eigenvalue weighted by Crippen LogP contribution is -2.44. The number of nitrogens with one attached hydrogen (secondary N) is 3. The Hall–Kier alpha value is -2.71. The van der Waals surface area contributed by atoms with E-state index in [9.17, 15) is 4.79 Å². The van der Waals surface area contributed by atoms with E-state index in [2.05, 4.69) is 25.9 Å². The van der Waals surface area contributed by atoms with Gasteiger partial charge in [-0.3, -0.25) is 4.79 Å². The van der Waals surface area contributed by atoms with E-state index >= 15 is 0 Å². The van der Waals surface area contributed by atoms with Crippen LogP contribution in [0, 0.1) is 0 Å². The summed E-state index contributed by atoms with van der Waals surface area (Å²) in [6, 6.07) is 6.49. The van der Waals surface area contributed by atoms with Gasteiger partial charge in [-0.2, -0.15) is 0 Å². The van der Waals surface area contributed by atoms with Crippen LogP contribution in [0.1, 0.15) is 36.0 Å². The van der Waals surface area contributed by atoms with E-state index in [-0.39, 0.29) is 0 Å². The number of aromatic nitrogens is 2. The average molecular weight is 397 g/mol. The molecular formula is C20H24N6OS. The zero-order valence-corrected chi connectivity index (χ0v) is 16.6. The van der Waals surface area contributed by atoms with E-state index < -0.39 is 5.91 Å². The number of nitrogens with two attached hydrogens (primary N) is 1. The minimum absolute atomic E-state index is 0.310. The first-order valence-electron chi connectivity index (χ1n) is 9.48. The van der Waals surface area contributed by atoms with Crippen LogP contribution in [0.15, 0.2) is 36.0 Å². The highest BCUT2D eigenvalue weighted by Crippen LogP contribution is 2.32. The maximum atomic E-state index is 11.9. The lowest BCUT2D eigenvalue weighted by Gasteiger charge is -2.32. The molecule has 0 bridgehead atoms. The number of rotatable bonds is 6. The minimum Gasteiger partial charge on any atom is -0.366 e. The molecule has 1 amide bonds. The molecule has 146 valence electrons. The summed E-state index contributed by atoms with van der Waals surface area (Å²) >= 11 is 1.55. The molecule has 8 heteroatoms. The van der Waals surface area contributed by atoms with Crippen molar-refractivity contribution in [2.75, 3.05) is 17.7 Å². The number of likely N-dealkylation sites (N-methyl/N-ethyl adjacent to an activating group) is 1. The Bertz CT molecular complexity index is 988. The fourth-order valence-corrected chi connectivity index (χ4v) is 4.63. The standard InChI is InChI=1S/C20H24N6OS/c1-22-14-6-2-3-7-15(14)26-18-9-16(13(10-24-18)19(21)27)25-17-11-28-20-12(17)5-4-8-23-20/h4-5,8-11,14-15,22H,2-3,6-7H2,1H3,(H2,21,27)(H2,24,25,26). The Labute approximate surface area is 167 Å². The molecule has 1 aliphatic rings. The van der Waals surface area contributed by atoms with Gasteiger partial charge in [0.15, 0.2) is 0 Å². The number of pyridine rings is 2. The van der Waals surface area contributed by atoms with Crippen molar-refractivity contribution in [2.24, 2.45) is 5.73 Å². The molecule has 1 fully saturated rings. The molecule has 5 N–H and O–H groups in total. The van der Waals surface area contributed by atoms with Crippen LogP contribution in [0.2, 0.25) is 0 Å². The second kappa shape index (κ2) is 8.12. The molecule has 1 aliphatic carbocycles. The van der Waals surface area contributed by atoms with Crippen molar-refractivity contribution >= 4 is 44.7 Å². The summed E-state index contributed by atoms with van der Waals surface area (Å²) in [4.78, 5) is 21.7. The molecule has 7 nitrogen and oxygen atoms in total. The number of carbonyl (C=O) groups is 1. The molecule has 0 radical (unpaired) electrons. The Morgan fingerprint density at radius 2 is 2.04 bits per heavy atom. The molecule has 4 rings (SSSR count). The third-order valence-electron chi connectivity index (χ3n) is 5.26. The highest BCUT2D eigenvalue weighted by atomic mass is 32.1. The normalized spacial score (nSPS) is 19.5. The van der Waals surface area contributed by atoms with Crippen LogP contribution in [0.3, 0.4) is 0 Å². The fourth-order valence-electron chi connectivity index (χ4n) is 3.78. The average Bonchev–Trinajstić information content (AvgIpc) is 3.11. The number of thiophene rings is 1. The fraction of sp³-hybridized carbons (Fsp3) is 0.350. The van der Waals surface area contributed by atoms with Crippen molar-refractivity contribution in [3.05, 3.63) is 41.5 Å². The van der Waals surface area contributed by atoms with Gasteiger partial charge < -0.3 is 21.7 Å². The third-order valence-corrected chi connectivity index (χ3v) is 6.16. The Kier molecular flexibility index (Phi) is 5.40. The van der Waals surface area contributed by atoms with Crippen LogP contribution in [-0.2, 0) is 0 Å². The number of fused-ring (bicyclic) bond motifs is 1. The number of hydrogen-bond acceptors (Lipinski definition) is 7. The van der Waals surface area contributed by atoms with Gasteiger partial charge in [-0.1, -0.05) is 12.8 Å². The van der Waals surface area contributed by atoms with Crippen molar-refractivity contribution in [1.29, 1.82) is 0 Å². The van der Waals surface area contributed by atoms with Gasteiger partial charge in [0.25, 0.3) is 5.91 Å². The molecule has 2 atom stereocenters. The van der Waals surface area contributed by atoms with Crippen LogP contribution in [0.25, 0.3) is 10.2 Å². The molecule has 0 aliphatic heterocycles. The molecule has 0 saturated heterocycles.